The van der Waals surface area contributed by atoms with Crippen molar-refractivity contribution in [2.24, 2.45) is 0 Å². The molecule has 14 heterocycles. The van der Waals surface area contributed by atoms with Crippen LogP contribution in [0.25, 0.3) is 100 Å². The Balaban J connectivity index is 0.000000245. The van der Waals surface area contributed by atoms with Crippen molar-refractivity contribution < 1.29 is 103 Å². The minimum atomic E-state index is -4.50. The molecule has 36 heteroatoms. The number of hydrogen-bond acceptors (Lipinski definition) is 24. The monoisotopic (exact) mass is 2150 g/mol. The largest absolute Gasteiger partial charge is 2.00 e. The molecule has 0 amide bonds. The van der Waals surface area contributed by atoms with E-state index in [2.05, 4.69) is 196 Å². The number of aromatic nitrogens is 12. The molecule has 0 radical (unpaired) electrons. The summed E-state index contributed by atoms with van der Waals surface area (Å²) in [6.45, 7) is 14.5. The smallest absolute Gasteiger partial charge is 0.753 e. The molecule has 0 fully saturated rings. The molecule has 0 aromatic carbocycles. The first-order valence-electron chi connectivity index (χ1n) is 43.6. The Hall–Kier alpha value is -12.2. The van der Waals surface area contributed by atoms with E-state index in [1.165, 1.54) is 148 Å². The molecule has 0 N–H and O–H groups in total. The number of alkyl halides is 6. The second kappa shape index (κ2) is 59.9. The number of pyridine rings is 8. The van der Waals surface area contributed by atoms with Crippen LogP contribution in [0.4, 0.5) is 26.3 Å². The predicted molar refractivity (Wildman–Crippen MR) is 529 cm³/mol. The van der Waals surface area contributed by atoms with E-state index in [1.807, 2.05) is 36.4 Å². The number of halogens is 6. The van der Waals surface area contributed by atoms with Crippen LogP contribution in [0.3, 0.4) is 0 Å². The summed E-state index contributed by atoms with van der Waals surface area (Å²) in [7, 11) is 0. The van der Waals surface area contributed by atoms with Crippen LogP contribution in [0.15, 0.2) is 192 Å². The van der Waals surface area contributed by atoms with Crippen LogP contribution < -0.4 is 29.1 Å². The Kier molecular flexibility index (Phi) is 49.0. The molecule has 14 rings (SSSR count). The van der Waals surface area contributed by atoms with E-state index in [0.717, 1.165) is 86.0 Å². The van der Waals surface area contributed by atoms with Crippen molar-refractivity contribution in [3.8, 4) is 136 Å². The van der Waals surface area contributed by atoms with E-state index in [1.54, 1.807) is 131 Å². The van der Waals surface area contributed by atoms with Crippen molar-refractivity contribution in [3.05, 3.63) is 258 Å². The fourth-order valence-electron chi connectivity index (χ4n) is 13.5. The summed E-state index contributed by atoms with van der Waals surface area (Å²) in [5, 5.41) is 39.2. The Morgan fingerprint density at radius 2 is 0.717 bits per heavy atom. The van der Waals surface area contributed by atoms with Gasteiger partial charge in [-0.3, -0.25) is 49.1 Å². The maximum absolute atomic E-state index is 12.8. The molecule has 0 unspecified atom stereocenters. The van der Waals surface area contributed by atoms with Crippen molar-refractivity contribution in [1.82, 2.24) is 60.3 Å². The van der Waals surface area contributed by atoms with E-state index in [0.29, 0.717) is 94.3 Å². The summed E-state index contributed by atoms with van der Waals surface area (Å²) in [5.41, 5.74) is 11.6. The van der Waals surface area contributed by atoms with Crippen molar-refractivity contribution in [2.45, 2.75) is 194 Å². The van der Waals surface area contributed by atoms with E-state index in [-0.39, 0.29) is 67.3 Å². The first kappa shape index (κ1) is 113. The summed E-state index contributed by atoms with van der Waals surface area (Å²) >= 11 is 14.0. The summed E-state index contributed by atoms with van der Waals surface area (Å²) in [5.74, 6) is 14.0. The van der Waals surface area contributed by atoms with Crippen molar-refractivity contribution in [3.63, 3.8) is 0 Å². The quantitative estimate of drug-likeness (QED) is 0.00664. The van der Waals surface area contributed by atoms with Crippen molar-refractivity contribution in [1.29, 1.82) is 0 Å². The first-order valence-corrected chi connectivity index (χ1v) is 47.9. The summed E-state index contributed by atoms with van der Waals surface area (Å²) < 4.78 is 96.8. The van der Waals surface area contributed by atoms with Gasteiger partial charge < -0.3 is 50.2 Å². The Morgan fingerprint density at radius 1 is 0.377 bits per heavy atom. The van der Waals surface area contributed by atoms with Crippen LogP contribution in [-0.4, -0.2) is 86.3 Å². The van der Waals surface area contributed by atoms with Crippen LogP contribution in [0, 0.1) is 23.7 Å². The molecule has 0 saturated heterocycles. The van der Waals surface area contributed by atoms with Gasteiger partial charge in [0.2, 0.25) is 0 Å². The maximum Gasteiger partial charge on any atom is 2.00 e. The topological polar surface area (TPSA) is 307 Å². The maximum atomic E-state index is 12.8. The molecule has 0 saturated carbocycles. The number of unbranched alkanes of at least 4 members (excludes halogenated alkanes) is 15. The molecule has 716 valence electrons. The van der Waals surface area contributed by atoms with Gasteiger partial charge in [0.25, 0.3) is 25.9 Å². The number of hydrogen-bond donors (Lipinski definition) is 0. The molecule has 0 bridgehead atoms. The second-order valence-electron chi connectivity index (χ2n) is 31.3. The van der Waals surface area contributed by atoms with Gasteiger partial charge in [-0.05, 0) is 196 Å². The SMILES string of the molecule is CC(C)(C)c1csc(C#Cc2ccnc(-c3cc(OC=O)cc(-c4cc(OC=O)ccn4)n3)c2)c1.CCCCCCCCCCc1ccsc1-c1ccnc(-c2cc(C(F)(F)F)n[n-]2)c1.CCCCCCCCCCc1ccsc1-c1ccnc(-c2cc(C(F)(F)F)n[n-]2)c1.CCCCc1csc(C#Cc2ccnc(-c3cc(OC=O)cc(-c4cc(OC=O)ccn4)n3)c2)c1.[N-]=C=S.[N-]=C=S.[Ru+2].[Ru+2]. The van der Waals surface area contributed by atoms with Gasteiger partial charge in [0.05, 0.1) is 66.7 Å². The fraction of sp³-hybridized carbons (Fsp3) is 0.294. The molecule has 14 aromatic heterocycles. The van der Waals surface area contributed by atoms with Crippen LogP contribution in [0.5, 0.6) is 23.0 Å². The minimum absolute atomic E-state index is 0. The molecule has 22 nitrogen and oxygen atoms in total. The molecule has 0 aliphatic heterocycles. The zero-order valence-electron chi connectivity index (χ0n) is 76.1. The normalized spacial score (nSPS) is 10.6. The number of nitrogens with zero attached hydrogens (tertiary/aromatic N) is 14. The average Bonchev–Trinajstić information content (AvgIpc) is 1.54. The fourth-order valence-corrected chi connectivity index (χ4v) is 17.1. The van der Waals surface area contributed by atoms with Crippen molar-refractivity contribution in [2.75, 3.05) is 0 Å². The third kappa shape index (κ3) is 37.3. The van der Waals surface area contributed by atoms with Gasteiger partial charge in [0, 0.05) is 94.5 Å². The van der Waals surface area contributed by atoms with Crippen molar-refractivity contribution >= 4 is 106 Å². The van der Waals surface area contributed by atoms with Crippen LogP contribution in [0.1, 0.15) is 212 Å². The van der Waals surface area contributed by atoms with Gasteiger partial charge in [-0.1, -0.05) is 197 Å². The number of ether oxygens (including phenoxy) is 4. The molecule has 14 aromatic rings. The van der Waals surface area contributed by atoms with E-state index >= 15 is 0 Å². The van der Waals surface area contributed by atoms with Crippen LogP contribution >= 0.6 is 69.8 Å². The molecule has 0 aliphatic carbocycles. The first-order chi connectivity index (χ1) is 65.8. The minimum Gasteiger partial charge on any atom is -0.753 e. The zero-order valence-corrected chi connectivity index (χ0v) is 84.5. The molecule has 0 atom stereocenters. The van der Waals surface area contributed by atoms with Gasteiger partial charge in [0.1, 0.15) is 34.4 Å². The van der Waals surface area contributed by atoms with Crippen LogP contribution in [-0.2, 0) is 95.2 Å². The van der Waals surface area contributed by atoms with E-state index < -0.39 is 23.7 Å². The molecule has 138 heavy (non-hydrogen) atoms. The van der Waals surface area contributed by atoms with Gasteiger partial charge in [-0.15, -0.1) is 45.3 Å². The molecule has 0 aliphatic rings. The second-order valence-corrected chi connectivity index (χ2v) is 35.3. The summed E-state index contributed by atoms with van der Waals surface area (Å²) in [6, 6.07) is 37.7. The Labute approximate surface area is 850 Å². The van der Waals surface area contributed by atoms with E-state index in [4.69, 9.17) is 29.8 Å². The van der Waals surface area contributed by atoms with Gasteiger partial charge >= 0.3 is 51.3 Å². The number of rotatable bonds is 37. The number of carbonyl (C=O) groups excluding carboxylic acids is 4. The third-order valence-electron chi connectivity index (χ3n) is 20.3. The zero-order chi connectivity index (χ0) is 97.5. The van der Waals surface area contributed by atoms with Gasteiger partial charge in [-0.2, -0.15) is 36.7 Å². The van der Waals surface area contributed by atoms with Gasteiger partial charge in [0.15, 0.2) is 0 Å². The standard InChI is InChI=1S/2C27H21N3O4S.2C23H27F3N3S.2CNS.2Ru/c1-27(2,3)19-11-22(35-15-19)5-4-18-6-8-28-23(10-18)25-13-21(34-17-32)14-26(30-25)24-12-20(33-16-31)7-9-29-24;1-2-3-4-20-11-23(35-16-20)6-5-19-7-9-28-24(12-19)26-14-22(34-18-32)15-27(30-26)25-13-21(33-17-31)8-10-29-25;2*1-2-3-4-5-6-7-8-9-10-17-12-14-30-22(17)18-11-13-27-19(15-18)20-16-21(29-28-20)23(24,25)26;2*2-1-3;;/h6-17H,1-3H3;7-18H,2-4H2,1H3;2*11-16H,2-10H2,1H3;;;;/q;;4*-1;2*+2. The number of thiophene rings is 4. The van der Waals surface area contributed by atoms with Crippen LogP contribution in [0.2, 0.25) is 0 Å². The molecular formula is C102H96F6N14O8Ru2S6. The Morgan fingerprint density at radius 3 is 1.09 bits per heavy atom. The number of isothiocyanates is 2. The summed E-state index contributed by atoms with van der Waals surface area (Å²) in [4.78, 5) is 82.7. The molecule has 0 spiro atoms. The average molecular weight is 2150 g/mol. The van der Waals surface area contributed by atoms with E-state index in [9.17, 15) is 45.5 Å². The Bertz CT molecular complexity index is 6230. The number of carbonyl (C=O) groups is 4. The van der Waals surface area contributed by atoms with Gasteiger partial charge in [-0.25, -0.2) is 9.97 Å². The number of thiocarbonyl (C=S) groups is 2. The summed E-state index contributed by atoms with van der Waals surface area (Å²) in [6.07, 6.45) is 26.5. The number of aryl methyl sites for hydroxylation is 3. The third-order valence-corrected chi connectivity index (χ3v) is 24.0. The predicted octanol–water partition coefficient (Wildman–Crippen LogP) is 26.5. The molecular weight excluding hydrogens is 2060 g/mol.